The summed E-state index contributed by atoms with van der Waals surface area (Å²) in [5.74, 6) is -0.776. The molecule has 0 aliphatic carbocycles. The van der Waals surface area contributed by atoms with Crippen LogP contribution in [0.4, 0.5) is 0 Å². The van der Waals surface area contributed by atoms with Crippen molar-refractivity contribution in [2.75, 3.05) is 7.11 Å². The molecule has 170 valence electrons. The van der Waals surface area contributed by atoms with E-state index in [-0.39, 0.29) is 42.2 Å². The van der Waals surface area contributed by atoms with E-state index in [0.717, 1.165) is 4.57 Å². The van der Waals surface area contributed by atoms with Crippen LogP contribution in [-0.4, -0.2) is 44.4 Å². The molecule has 0 bridgehead atoms. The molecule has 32 heavy (non-hydrogen) atoms. The molecule has 2 aromatic rings. The summed E-state index contributed by atoms with van der Waals surface area (Å²) in [5.41, 5.74) is -1.03. The fourth-order valence-electron chi connectivity index (χ4n) is 3.36. The molecular formula is C21H24N4O7. The summed E-state index contributed by atoms with van der Waals surface area (Å²) < 4.78 is 11.5. The van der Waals surface area contributed by atoms with Gasteiger partial charge >= 0.3 is 11.7 Å². The Morgan fingerprint density at radius 2 is 1.94 bits per heavy atom. The topological polar surface area (TPSA) is 143 Å². The summed E-state index contributed by atoms with van der Waals surface area (Å²) in [7, 11) is 2.74. The van der Waals surface area contributed by atoms with Crippen LogP contribution in [0.1, 0.15) is 50.3 Å². The van der Waals surface area contributed by atoms with E-state index in [1.54, 1.807) is 32.0 Å². The number of benzene rings is 1. The number of nitrogens with zero attached hydrogens (tertiary/aromatic N) is 3. The number of aromatic hydroxyl groups is 1. The second-order valence-electron chi connectivity index (χ2n) is 7.11. The summed E-state index contributed by atoms with van der Waals surface area (Å²) in [4.78, 5) is 50.7. The Morgan fingerprint density at radius 1 is 1.22 bits per heavy atom. The van der Waals surface area contributed by atoms with Gasteiger partial charge < -0.3 is 14.6 Å². The third kappa shape index (κ3) is 4.13. The summed E-state index contributed by atoms with van der Waals surface area (Å²) in [6, 6.07) is 4.26. The summed E-state index contributed by atoms with van der Waals surface area (Å²) in [6.07, 6.45) is 0.407. The van der Waals surface area contributed by atoms with Crippen LogP contribution in [-0.2, 0) is 16.6 Å². The number of hydrogen-bond acceptors (Lipinski definition) is 8. The molecule has 0 fully saturated rings. The molecule has 0 saturated heterocycles. The second kappa shape index (κ2) is 9.08. The van der Waals surface area contributed by atoms with Crippen molar-refractivity contribution in [3.63, 3.8) is 0 Å². The van der Waals surface area contributed by atoms with Gasteiger partial charge in [-0.3, -0.25) is 23.9 Å². The Hall–Kier alpha value is -3.89. The zero-order chi connectivity index (χ0) is 23.6. The third-order valence-corrected chi connectivity index (χ3v) is 5.14. The molecule has 1 amide bonds. The van der Waals surface area contributed by atoms with Gasteiger partial charge in [0.2, 0.25) is 11.8 Å². The van der Waals surface area contributed by atoms with E-state index in [0.29, 0.717) is 11.3 Å². The molecule has 2 heterocycles. The molecule has 0 saturated carbocycles. The average molecular weight is 444 g/mol. The number of H-pyrrole nitrogens is 1. The van der Waals surface area contributed by atoms with Crippen molar-refractivity contribution in [2.24, 2.45) is 12.1 Å². The molecule has 0 radical (unpaired) electrons. The van der Waals surface area contributed by atoms with E-state index in [2.05, 4.69) is 10.1 Å². The van der Waals surface area contributed by atoms with Crippen LogP contribution in [0.25, 0.3) is 0 Å². The number of amides is 1. The smallest absolute Gasteiger partial charge is 0.330 e. The maximum atomic E-state index is 12.6. The van der Waals surface area contributed by atoms with E-state index in [9.17, 15) is 24.3 Å². The molecule has 0 unspecified atom stereocenters. The lowest BCUT2D eigenvalue weighted by atomic mass is 9.98. The molecule has 0 spiro atoms. The molecule has 11 nitrogen and oxygen atoms in total. The van der Waals surface area contributed by atoms with E-state index in [1.807, 2.05) is 0 Å². The highest BCUT2D eigenvalue weighted by Crippen LogP contribution is 2.38. The largest absolute Gasteiger partial charge is 0.494 e. The van der Waals surface area contributed by atoms with Gasteiger partial charge in [-0.25, -0.2) is 9.80 Å². The SMILES string of the molecule is CCC(=O)Oc1cc([C@H]2CC(c3c(O)n(C)c(=O)[nH]c3=O)=NN2C(=O)CC)ccc1OC. The zero-order valence-corrected chi connectivity index (χ0v) is 18.2. The number of rotatable bonds is 6. The van der Waals surface area contributed by atoms with E-state index in [4.69, 9.17) is 9.47 Å². The number of carbonyl (C=O) groups is 2. The molecular weight excluding hydrogens is 420 g/mol. The van der Waals surface area contributed by atoms with Gasteiger partial charge in [0.25, 0.3) is 5.56 Å². The third-order valence-electron chi connectivity index (χ3n) is 5.14. The van der Waals surface area contributed by atoms with Gasteiger partial charge in [-0.2, -0.15) is 5.10 Å². The van der Waals surface area contributed by atoms with Crippen molar-refractivity contribution in [2.45, 2.75) is 39.2 Å². The van der Waals surface area contributed by atoms with Crippen LogP contribution >= 0.6 is 0 Å². The van der Waals surface area contributed by atoms with Crippen LogP contribution in [0.2, 0.25) is 0 Å². The molecule has 1 aromatic carbocycles. The number of esters is 1. The predicted molar refractivity (Wildman–Crippen MR) is 114 cm³/mol. The summed E-state index contributed by atoms with van der Waals surface area (Å²) in [6.45, 7) is 3.33. The number of aromatic nitrogens is 2. The van der Waals surface area contributed by atoms with Gasteiger partial charge in [0, 0.05) is 26.3 Å². The maximum absolute atomic E-state index is 12.6. The minimum atomic E-state index is -0.804. The fourth-order valence-corrected chi connectivity index (χ4v) is 3.36. The van der Waals surface area contributed by atoms with Crippen LogP contribution in [0.15, 0.2) is 32.9 Å². The van der Waals surface area contributed by atoms with Crippen molar-refractivity contribution in [3.05, 3.63) is 50.2 Å². The molecule has 11 heteroatoms. The van der Waals surface area contributed by atoms with Crippen molar-refractivity contribution >= 4 is 17.6 Å². The van der Waals surface area contributed by atoms with Crippen molar-refractivity contribution in [1.29, 1.82) is 0 Å². The molecule has 1 aliphatic heterocycles. The van der Waals surface area contributed by atoms with E-state index >= 15 is 0 Å². The molecule has 3 rings (SSSR count). The fraction of sp³-hybridized carbons (Fsp3) is 0.381. The Labute approximate surface area is 182 Å². The lowest BCUT2D eigenvalue weighted by Crippen LogP contribution is -2.32. The van der Waals surface area contributed by atoms with Crippen molar-refractivity contribution in [3.8, 4) is 17.4 Å². The Kier molecular flexibility index (Phi) is 6.47. The van der Waals surface area contributed by atoms with Gasteiger partial charge in [-0.15, -0.1) is 0 Å². The highest BCUT2D eigenvalue weighted by atomic mass is 16.6. The summed E-state index contributed by atoms with van der Waals surface area (Å²) in [5, 5.41) is 15.9. The lowest BCUT2D eigenvalue weighted by Gasteiger charge is -2.22. The predicted octanol–water partition coefficient (Wildman–Crippen LogP) is 1.19. The van der Waals surface area contributed by atoms with Gasteiger partial charge in [0.1, 0.15) is 5.56 Å². The molecule has 2 N–H and O–H groups in total. The first-order valence-electron chi connectivity index (χ1n) is 10.0. The van der Waals surface area contributed by atoms with Gasteiger partial charge in [-0.1, -0.05) is 19.9 Å². The first-order valence-corrected chi connectivity index (χ1v) is 10.0. The number of ether oxygens (including phenoxy) is 2. The number of methoxy groups -OCH3 is 1. The first kappa shape index (κ1) is 22.8. The monoisotopic (exact) mass is 444 g/mol. The lowest BCUT2D eigenvalue weighted by molar-refractivity contribution is -0.134. The average Bonchev–Trinajstić information content (AvgIpc) is 3.21. The minimum Gasteiger partial charge on any atom is -0.494 e. The van der Waals surface area contributed by atoms with E-state index < -0.39 is 29.1 Å². The van der Waals surface area contributed by atoms with Crippen LogP contribution in [0, 0.1) is 0 Å². The van der Waals surface area contributed by atoms with Crippen LogP contribution in [0.5, 0.6) is 17.4 Å². The van der Waals surface area contributed by atoms with E-state index in [1.165, 1.54) is 19.2 Å². The quantitative estimate of drug-likeness (QED) is 0.503. The zero-order valence-electron chi connectivity index (χ0n) is 18.2. The summed E-state index contributed by atoms with van der Waals surface area (Å²) >= 11 is 0. The number of carbonyl (C=O) groups excluding carboxylic acids is 2. The normalized spacial score (nSPS) is 15.4. The van der Waals surface area contributed by atoms with Crippen molar-refractivity contribution < 1.29 is 24.2 Å². The maximum Gasteiger partial charge on any atom is 0.330 e. The van der Waals surface area contributed by atoms with Gasteiger partial charge in [0.05, 0.1) is 18.9 Å². The highest BCUT2D eigenvalue weighted by molar-refractivity contribution is 6.04. The van der Waals surface area contributed by atoms with Crippen LogP contribution in [0.3, 0.4) is 0 Å². The standard InChI is InChI=1S/C21H24N4O7/c1-5-16(26)25-13(11-7-8-14(31-4)15(9-11)32-17(27)6-2)10-12(23-25)18-19(28)22-21(30)24(3)20(18)29/h7-9,13,29H,5-6,10H2,1-4H3,(H,22,28,30)/t13-/m1/s1. The Bertz CT molecular complexity index is 1210. The second-order valence-corrected chi connectivity index (χ2v) is 7.11. The Morgan fingerprint density at radius 3 is 2.56 bits per heavy atom. The van der Waals surface area contributed by atoms with Crippen molar-refractivity contribution in [1.82, 2.24) is 14.6 Å². The molecule has 1 aliphatic rings. The molecule has 1 aromatic heterocycles. The Balaban J connectivity index is 2.08. The molecule has 1 atom stereocenters. The van der Waals surface area contributed by atoms with Crippen LogP contribution < -0.4 is 20.7 Å². The number of nitrogens with one attached hydrogen (secondary N) is 1. The van der Waals surface area contributed by atoms with Gasteiger partial charge in [-0.05, 0) is 17.7 Å². The number of hydrazone groups is 1. The minimum absolute atomic E-state index is 0.0913. The highest BCUT2D eigenvalue weighted by Gasteiger charge is 2.35. The first-order chi connectivity index (χ1) is 15.2. The number of aromatic amines is 1. The van der Waals surface area contributed by atoms with Gasteiger partial charge in [0.15, 0.2) is 11.5 Å². The number of hydrogen-bond donors (Lipinski definition) is 2.